The normalized spacial score (nSPS) is 12.2. The third-order valence-corrected chi connectivity index (χ3v) is 0.921. The van der Waals surface area contributed by atoms with Crippen LogP contribution in [-0.4, -0.2) is 0 Å². The van der Waals surface area contributed by atoms with Crippen molar-refractivity contribution in [2.75, 3.05) is 0 Å². The number of halogens is 2. The number of allylic oxidation sites excluding steroid dienone is 4. The van der Waals surface area contributed by atoms with E-state index in [0.29, 0.717) is 0 Å². The molecule has 0 aliphatic heterocycles. The quantitative estimate of drug-likeness (QED) is 0.507. The molecular weight excluding hydrogens is 127 g/mol. The van der Waals surface area contributed by atoms with Crippen molar-refractivity contribution in [3.63, 3.8) is 0 Å². The Balaban J connectivity index is 4.25. The molecule has 8 heavy (non-hydrogen) atoms. The van der Waals surface area contributed by atoms with E-state index in [0.717, 1.165) is 6.08 Å². The van der Waals surface area contributed by atoms with E-state index in [1.165, 1.54) is 6.08 Å². The predicted octanol–water partition coefficient (Wildman–Crippen LogP) is 2.78. The first kappa shape index (κ1) is 7.44. The summed E-state index contributed by atoms with van der Waals surface area (Å²) in [6, 6.07) is 0. The highest BCUT2D eigenvalue weighted by atomic mass is 35.5. The van der Waals surface area contributed by atoms with E-state index in [1.807, 2.05) is 0 Å². The molecule has 0 fully saturated rings. The number of rotatable bonds is 2. The van der Waals surface area contributed by atoms with Gasteiger partial charge in [-0.2, -0.15) is 0 Å². The summed E-state index contributed by atoms with van der Waals surface area (Å²) in [6.07, 6.45) is 2.25. The van der Waals surface area contributed by atoms with Crippen LogP contribution in [-0.2, 0) is 0 Å². The Morgan fingerprint density at radius 2 is 1.88 bits per heavy atom. The molecule has 0 unspecified atom stereocenters. The lowest BCUT2D eigenvalue weighted by molar-refractivity contribution is 0.665. The lowest BCUT2D eigenvalue weighted by Gasteiger charge is -1.84. The Kier molecular flexibility index (Phi) is 3.20. The summed E-state index contributed by atoms with van der Waals surface area (Å²) >= 11 is 5.23. The average Bonchev–Trinajstić information content (AvgIpc) is 1.84. The van der Waals surface area contributed by atoms with Crippen LogP contribution in [0.15, 0.2) is 36.2 Å². The summed E-state index contributed by atoms with van der Waals surface area (Å²) in [6.45, 7) is 6.42. The molecule has 0 atom stereocenters. The van der Waals surface area contributed by atoms with Crippen LogP contribution in [0.4, 0.5) is 4.39 Å². The van der Waals surface area contributed by atoms with Gasteiger partial charge in [0.2, 0.25) is 0 Å². The molecule has 0 aromatic heterocycles. The average molecular weight is 133 g/mol. The Hall–Kier alpha value is -0.560. The molecule has 0 amide bonds. The van der Waals surface area contributed by atoms with Gasteiger partial charge < -0.3 is 0 Å². The van der Waals surface area contributed by atoms with Crippen molar-refractivity contribution in [3.8, 4) is 0 Å². The number of hydrogen-bond donors (Lipinski definition) is 0. The summed E-state index contributed by atoms with van der Waals surface area (Å²) in [4.78, 5) is 0. The van der Waals surface area contributed by atoms with Crippen molar-refractivity contribution < 1.29 is 4.39 Å². The molecule has 0 bridgehead atoms. The molecule has 0 nitrogen and oxygen atoms in total. The lowest BCUT2D eigenvalue weighted by Crippen LogP contribution is -1.66. The van der Waals surface area contributed by atoms with E-state index in [2.05, 4.69) is 13.2 Å². The third-order valence-electron chi connectivity index (χ3n) is 0.587. The second kappa shape index (κ2) is 3.44. The number of hydrogen-bond acceptors (Lipinski definition) is 0. The Morgan fingerprint density at radius 3 is 2.00 bits per heavy atom. The van der Waals surface area contributed by atoms with Crippen LogP contribution in [0.2, 0.25) is 0 Å². The van der Waals surface area contributed by atoms with Crippen LogP contribution < -0.4 is 0 Å². The van der Waals surface area contributed by atoms with Gasteiger partial charge in [-0.15, -0.1) is 0 Å². The minimum atomic E-state index is -0.540. The van der Waals surface area contributed by atoms with Crippen LogP contribution in [0.1, 0.15) is 0 Å². The first-order valence-electron chi connectivity index (χ1n) is 2.02. The van der Waals surface area contributed by atoms with Crippen LogP contribution in [0.3, 0.4) is 0 Å². The Labute approximate surface area is 53.0 Å². The highest BCUT2D eigenvalue weighted by molar-refractivity contribution is 6.31. The molecule has 0 aromatic carbocycles. The molecule has 0 aromatic rings. The largest absolute Gasteiger partial charge is 0.205 e. The smallest absolute Gasteiger partial charge is 0.141 e. The molecule has 0 aliphatic rings. The Morgan fingerprint density at radius 1 is 1.38 bits per heavy atom. The molecule has 0 aliphatic carbocycles. The minimum absolute atomic E-state index is 0.000000000000000222. The lowest BCUT2D eigenvalue weighted by atomic mass is 10.4. The van der Waals surface area contributed by atoms with Gasteiger partial charge in [0.15, 0.2) is 0 Å². The summed E-state index contributed by atoms with van der Waals surface area (Å²) in [7, 11) is 0. The molecule has 0 rings (SSSR count). The van der Waals surface area contributed by atoms with E-state index >= 15 is 0 Å². The second-order valence-corrected chi connectivity index (χ2v) is 1.51. The van der Waals surface area contributed by atoms with Gasteiger partial charge in [0.25, 0.3) is 0 Å². The summed E-state index contributed by atoms with van der Waals surface area (Å²) in [5, 5.41) is 0.000000000000000222. The summed E-state index contributed by atoms with van der Waals surface area (Å²) < 4.78 is 12.1. The molecule has 0 saturated carbocycles. The predicted molar refractivity (Wildman–Crippen MR) is 34.4 cm³/mol. The van der Waals surface area contributed by atoms with Crippen LogP contribution in [0.25, 0.3) is 0 Å². The van der Waals surface area contributed by atoms with Crippen molar-refractivity contribution in [2.45, 2.75) is 0 Å². The van der Waals surface area contributed by atoms with Crippen LogP contribution in [0, 0.1) is 0 Å². The molecule has 0 N–H and O–H groups in total. The maximum atomic E-state index is 12.1. The maximum Gasteiger partial charge on any atom is 0.141 e. The fourth-order valence-corrected chi connectivity index (χ4v) is 0.272. The zero-order valence-electron chi connectivity index (χ0n) is 4.32. The topological polar surface area (TPSA) is 0 Å². The highest BCUT2D eigenvalue weighted by Gasteiger charge is 1.90. The van der Waals surface area contributed by atoms with Gasteiger partial charge in [0.1, 0.15) is 5.83 Å². The van der Waals surface area contributed by atoms with Crippen molar-refractivity contribution in [1.29, 1.82) is 0 Å². The first-order chi connectivity index (χ1) is 3.72. The standard InChI is InChI=1S/C6H6ClF/c1-3-5(7)6(8)4-2/h3-4H,1-2H2. The molecule has 0 radical (unpaired) electrons. The highest BCUT2D eigenvalue weighted by Crippen LogP contribution is 2.11. The minimum Gasteiger partial charge on any atom is -0.205 e. The second-order valence-electron chi connectivity index (χ2n) is 1.10. The molecule has 0 spiro atoms. The molecule has 0 heterocycles. The maximum absolute atomic E-state index is 12.1. The SMILES string of the molecule is C=CC(F)=C(Cl)C=C. The van der Waals surface area contributed by atoms with Crippen molar-refractivity contribution in [1.82, 2.24) is 0 Å². The molecular formula is C6H6ClF. The van der Waals surface area contributed by atoms with Crippen molar-refractivity contribution in [2.24, 2.45) is 0 Å². The van der Waals surface area contributed by atoms with Crippen LogP contribution in [0.5, 0.6) is 0 Å². The molecule has 2 heteroatoms. The van der Waals surface area contributed by atoms with Gasteiger partial charge in [-0.25, -0.2) is 4.39 Å². The Bertz CT molecular complexity index is 119. The zero-order chi connectivity index (χ0) is 6.57. The van der Waals surface area contributed by atoms with Crippen LogP contribution >= 0.6 is 11.6 Å². The summed E-state index contributed by atoms with van der Waals surface area (Å²) in [5.74, 6) is -0.540. The summed E-state index contributed by atoms with van der Waals surface area (Å²) in [5.41, 5.74) is 0. The monoisotopic (exact) mass is 132 g/mol. The fourth-order valence-electron chi connectivity index (χ4n) is 0.195. The van der Waals surface area contributed by atoms with Crippen molar-refractivity contribution >= 4 is 11.6 Å². The van der Waals surface area contributed by atoms with Gasteiger partial charge >= 0.3 is 0 Å². The van der Waals surface area contributed by atoms with Gasteiger partial charge in [-0.05, 0) is 12.2 Å². The van der Waals surface area contributed by atoms with E-state index in [9.17, 15) is 4.39 Å². The van der Waals surface area contributed by atoms with Gasteiger partial charge in [-0.1, -0.05) is 24.8 Å². The molecule has 0 saturated heterocycles. The van der Waals surface area contributed by atoms with Gasteiger partial charge in [0, 0.05) is 0 Å². The van der Waals surface area contributed by atoms with E-state index in [4.69, 9.17) is 11.6 Å². The fraction of sp³-hybridized carbons (Fsp3) is 0. The first-order valence-corrected chi connectivity index (χ1v) is 2.40. The molecule has 44 valence electrons. The van der Waals surface area contributed by atoms with Gasteiger partial charge in [-0.3, -0.25) is 0 Å². The van der Waals surface area contributed by atoms with E-state index in [-0.39, 0.29) is 5.03 Å². The van der Waals surface area contributed by atoms with Gasteiger partial charge in [0.05, 0.1) is 5.03 Å². The van der Waals surface area contributed by atoms with E-state index in [1.54, 1.807) is 0 Å². The third kappa shape index (κ3) is 1.94. The zero-order valence-corrected chi connectivity index (χ0v) is 5.08. The van der Waals surface area contributed by atoms with E-state index < -0.39 is 5.83 Å². The van der Waals surface area contributed by atoms with Crippen molar-refractivity contribution in [3.05, 3.63) is 36.2 Å².